The Morgan fingerprint density at radius 1 is 1.11 bits per heavy atom. The summed E-state index contributed by atoms with van der Waals surface area (Å²) in [6.45, 7) is 5.16. The molecule has 2 rings (SSSR count). The van der Waals surface area contributed by atoms with Crippen molar-refractivity contribution in [2.75, 3.05) is 19.6 Å². The predicted octanol–water partition coefficient (Wildman–Crippen LogP) is 1.63. The van der Waals surface area contributed by atoms with Crippen LogP contribution in [0.5, 0.6) is 0 Å². The third kappa shape index (κ3) is 3.47. The quantitative estimate of drug-likeness (QED) is 0.568. The number of unbranched alkanes of at least 4 members (excludes halogenated alkanes) is 4. The average molecular weight is 267 g/mol. The van der Waals surface area contributed by atoms with Crippen molar-refractivity contribution in [3.05, 3.63) is 0 Å². The highest BCUT2D eigenvalue weighted by atomic mass is 16.2. The van der Waals surface area contributed by atoms with Gasteiger partial charge in [0.05, 0.1) is 0 Å². The minimum atomic E-state index is -0.615. The molecule has 2 heterocycles. The van der Waals surface area contributed by atoms with Crippen LogP contribution in [0.2, 0.25) is 0 Å². The molecule has 108 valence electrons. The molecule has 2 N–H and O–H groups in total. The van der Waals surface area contributed by atoms with Gasteiger partial charge in [0.2, 0.25) is 0 Å². The van der Waals surface area contributed by atoms with E-state index < -0.39 is 5.54 Å². The number of carbonyl (C=O) groups is 2. The Bertz CT molecular complexity index is 336. The summed E-state index contributed by atoms with van der Waals surface area (Å²) in [4.78, 5) is 25.4. The van der Waals surface area contributed by atoms with Gasteiger partial charge < -0.3 is 10.2 Å². The number of amides is 3. The molecule has 2 aliphatic heterocycles. The normalized spacial score (nSPS) is 22.6. The van der Waals surface area contributed by atoms with Gasteiger partial charge in [0.15, 0.2) is 0 Å². The summed E-state index contributed by atoms with van der Waals surface area (Å²) >= 11 is 0. The Hall–Kier alpha value is -1.10. The molecule has 0 aromatic carbocycles. The molecule has 0 radical (unpaired) electrons. The largest absolute Gasteiger partial charge is 0.323 e. The third-order valence-corrected chi connectivity index (χ3v) is 4.30. The fourth-order valence-corrected chi connectivity index (χ4v) is 2.98. The first-order valence-electron chi connectivity index (χ1n) is 7.52. The second kappa shape index (κ2) is 6.37. The fourth-order valence-electron chi connectivity index (χ4n) is 2.98. The van der Waals surface area contributed by atoms with Crippen molar-refractivity contribution >= 4 is 11.9 Å². The zero-order chi connectivity index (χ0) is 13.7. The van der Waals surface area contributed by atoms with Gasteiger partial charge in [-0.25, -0.2) is 4.79 Å². The first kappa shape index (κ1) is 14.3. The van der Waals surface area contributed by atoms with Crippen LogP contribution in [0.3, 0.4) is 0 Å². The maximum atomic E-state index is 11.8. The van der Waals surface area contributed by atoms with E-state index in [1.54, 1.807) is 0 Å². The van der Waals surface area contributed by atoms with Crippen LogP contribution in [0.15, 0.2) is 0 Å². The zero-order valence-electron chi connectivity index (χ0n) is 11.8. The van der Waals surface area contributed by atoms with E-state index >= 15 is 0 Å². The fraction of sp³-hybridized carbons (Fsp3) is 0.857. The molecule has 19 heavy (non-hydrogen) atoms. The van der Waals surface area contributed by atoms with E-state index in [2.05, 4.69) is 22.5 Å². The van der Waals surface area contributed by atoms with E-state index in [9.17, 15) is 9.59 Å². The van der Waals surface area contributed by atoms with Gasteiger partial charge in [-0.15, -0.1) is 0 Å². The van der Waals surface area contributed by atoms with E-state index in [0.717, 1.165) is 32.5 Å². The second-order valence-corrected chi connectivity index (χ2v) is 5.75. The molecule has 1 spiro atoms. The number of rotatable bonds is 6. The van der Waals surface area contributed by atoms with Gasteiger partial charge >= 0.3 is 6.03 Å². The summed E-state index contributed by atoms with van der Waals surface area (Å²) in [5.74, 6) is -0.139. The van der Waals surface area contributed by atoms with Gasteiger partial charge in [0, 0.05) is 13.1 Å². The highest BCUT2D eigenvalue weighted by Crippen LogP contribution is 2.25. The monoisotopic (exact) mass is 267 g/mol. The Morgan fingerprint density at radius 2 is 1.79 bits per heavy atom. The summed E-state index contributed by atoms with van der Waals surface area (Å²) in [6, 6.07) is -0.335. The third-order valence-electron chi connectivity index (χ3n) is 4.30. The average Bonchev–Trinajstić information content (AvgIpc) is 2.66. The second-order valence-electron chi connectivity index (χ2n) is 5.75. The van der Waals surface area contributed by atoms with Crippen molar-refractivity contribution in [3.8, 4) is 0 Å². The highest BCUT2D eigenvalue weighted by Gasteiger charge is 2.47. The Labute approximate surface area is 115 Å². The van der Waals surface area contributed by atoms with Crippen LogP contribution in [0.4, 0.5) is 4.79 Å². The molecule has 0 atom stereocenters. The van der Waals surface area contributed by atoms with E-state index in [1.807, 2.05) is 0 Å². The van der Waals surface area contributed by atoms with Crippen molar-refractivity contribution in [3.63, 3.8) is 0 Å². The van der Waals surface area contributed by atoms with Crippen molar-refractivity contribution < 1.29 is 9.59 Å². The summed E-state index contributed by atoms with van der Waals surface area (Å²) < 4.78 is 0. The van der Waals surface area contributed by atoms with Crippen LogP contribution in [-0.4, -0.2) is 42.0 Å². The summed E-state index contributed by atoms with van der Waals surface area (Å²) in [6.07, 6.45) is 7.94. The predicted molar refractivity (Wildman–Crippen MR) is 73.8 cm³/mol. The first-order valence-corrected chi connectivity index (χ1v) is 7.52. The molecule has 2 saturated heterocycles. The molecule has 0 aliphatic carbocycles. The molecule has 0 aromatic rings. The molecule has 0 saturated carbocycles. The lowest BCUT2D eigenvalue weighted by molar-refractivity contribution is -0.125. The van der Waals surface area contributed by atoms with Crippen molar-refractivity contribution in [1.82, 2.24) is 15.5 Å². The molecule has 5 heteroatoms. The summed E-state index contributed by atoms with van der Waals surface area (Å²) in [5, 5.41) is 5.15. The minimum Gasteiger partial charge on any atom is -0.323 e. The summed E-state index contributed by atoms with van der Waals surface area (Å²) in [7, 11) is 0. The lowest BCUT2D eigenvalue weighted by Crippen LogP contribution is -2.54. The van der Waals surface area contributed by atoms with Gasteiger partial charge in [-0.2, -0.15) is 0 Å². The van der Waals surface area contributed by atoms with E-state index in [0.29, 0.717) is 0 Å². The number of urea groups is 1. The number of hydrogen-bond donors (Lipinski definition) is 2. The zero-order valence-corrected chi connectivity index (χ0v) is 11.8. The molecule has 2 aliphatic rings. The SMILES string of the molecule is CCCCCCCN1CCC2(CC1)NC(=O)NC2=O. The molecule has 0 aromatic heterocycles. The van der Waals surface area contributed by atoms with Gasteiger partial charge in [0.25, 0.3) is 5.91 Å². The maximum Gasteiger partial charge on any atom is 0.322 e. The molecule has 3 amide bonds. The lowest BCUT2D eigenvalue weighted by atomic mass is 9.87. The van der Waals surface area contributed by atoms with E-state index in [-0.39, 0.29) is 11.9 Å². The number of carbonyl (C=O) groups excluding carboxylic acids is 2. The Balaban J connectivity index is 1.68. The number of imide groups is 1. The lowest BCUT2D eigenvalue weighted by Gasteiger charge is -2.36. The standard InChI is InChI=1S/C14H25N3O2/c1-2-3-4-5-6-9-17-10-7-14(8-11-17)12(18)15-13(19)16-14/h2-11H2,1H3,(H2,15,16,18,19). The van der Waals surface area contributed by atoms with Crippen LogP contribution in [0.1, 0.15) is 51.9 Å². The van der Waals surface area contributed by atoms with Gasteiger partial charge in [-0.05, 0) is 25.8 Å². The Morgan fingerprint density at radius 3 is 2.37 bits per heavy atom. The number of nitrogens with zero attached hydrogens (tertiary/aromatic N) is 1. The number of piperidine rings is 1. The molecule has 2 fully saturated rings. The van der Waals surface area contributed by atoms with E-state index in [1.165, 1.54) is 32.1 Å². The topological polar surface area (TPSA) is 61.4 Å². The number of nitrogens with one attached hydrogen (secondary N) is 2. The Kier molecular flexibility index (Phi) is 4.80. The molecule has 0 bridgehead atoms. The van der Waals surface area contributed by atoms with Crippen LogP contribution in [0, 0.1) is 0 Å². The molecular formula is C14H25N3O2. The van der Waals surface area contributed by atoms with Crippen LogP contribution in [-0.2, 0) is 4.79 Å². The minimum absolute atomic E-state index is 0.139. The number of hydrogen-bond acceptors (Lipinski definition) is 3. The van der Waals surface area contributed by atoms with Gasteiger partial charge in [-0.1, -0.05) is 32.6 Å². The van der Waals surface area contributed by atoms with Crippen LogP contribution < -0.4 is 10.6 Å². The van der Waals surface area contributed by atoms with Crippen molar-refractivity contribution in [2.24, 2.45) is 0 Å². The van der Waals surface area contributed by atoms with E-state index in [4.69, 9.17) is 0 Å². The van der Waals surface area contributed by atoms with Gasteiger partial charge in [0.1, 0.15) is 5.54 Å². The highest BCUT2D eigenvalue weighted by molar-refractivity contribution is 6.07. The first-order chi connectivity index (χ1) is 9.16. The summed E-state index contributed by atoms with van der Waals surface area (Å²) in [5.41, 5.74) is -0.615. The van der Waals surface area contributed by atoms with Gasteiger partial charge in [-0.3, -0.25) is 10.1 Å². The smallest absolute Gasteiger partial charge is 0.322 e. The van der Waals surface area contributed by atoms with Crippen LogP contribution in [0.25, 0.3) is 0 Å². The molecular weight excluding hydrogens is 242 g/mol. The number of likely N-dealkylation sites (tertiary alicyclic amines) is 1. The maximum absolute atomic E-state index is 11.8. The van der Waals surface area contributed by atoms with Crippen LogP contribution >= 0.6 is 0 Å². The molecule has 5 nitrogen and oxygen atoms in total. The molecule has 0 unspecified atom stereocenters. The van der Waals surface area contributed by atoms with Crippen molar-refractivity contribution in [2.45, 2.75) is 57.4 Å². The van der Waals surface area contributed by atoms with Crippen molar-refractivity contribution in [1.29, 1.82) is 0 Å².